The van der Waals surface area contributed by atoms with Gasteiger partial charge in [0.15, 0.2) is 0 Å². The van der Waals surface area contributed by atoms with Crippen molar-refractivity contribution in [2.75, 3.05) is 11.9 Å². The number of benzodiazepines with no additional fused rings is 1. The van der Waals surface area contributed by atoms with Gasteiger partial charge in [-0.2, -0.15) is 0 Å². The zero-order valence-electron chi connectivity index (χ0n) is 19.1. The van der Waals surface area contributed by atoms with Crippen molar-refractivity contribution in [3.8, 4) is 0 Å². The second-order valence-electron chi connectivity index (χ2n) is 9.08. The van der Waals surface area contributed by atoms with Gasteiger partial charge in [-0.15, -0.1) is 0 Å². The fraction of sp³-hybridized carbons (Fsp3) is 0.444. The number of carbonyl (C=O) groups is 2. The maximum atomic E-state index is 13.6. The summed E-state index contributed by atoms with van der Waals surface area (Å²) in [5.41, 5.74) is 2.99. The van der Waals surface area contributed by atoms with Crippen LogP contribution in [0.25, 0.3) is 0 Å². The van der Waals surface area contributed by atoms with Crippen molar-refractivity contribution in [1.29, 1.82) is 0 Å². The lowest BCUT2D eigenvalue weighted by Crippen LogP contribution is -2.50. The van der Waals surface area contributed by atoms with Crippen molar-refractivity contribution in [2.45, 2.75) is 64.5 Å². The first-order valence-corrected chi connectivity index (χ1v) is 11.9. The van der Waals surface area contributed by atoms with Crippen LogP contribution in [0.3, 0.4) is 0 Å². The van der Waals surface area contributed by atoms with Crippen LogP contribution in [-0.2, 0) is 9.59 Å². The highest BCUT2D eigenvalue weighted by Crippen LogP contribution is 2.43. The number of carbonyl (C=O) groups excluding carboxylic acids is 2. The number of rotatable bonds is 7. The van der Waals surface area contributed by atoms with Gasteiger partial charge in [-0.25, -0.2) is 4.99 Å². The van der Waals surface area contributed by atoms with E-state index in [1.54, 1.807) is 11.9 Å². The minimum absolute atomic E-state index is 0.0139. The van der Waals surface area contributed by atoms with E-state index in [1.165, 1.54) is 0 Å². The lowest BCUT2D eigenvalue weighted by Gasteiger charge is -2.30. The van der Waals surface area contributed by atoms with Crippen LogP contribution in [0, 0.1) is 5.41 Å². The number of unbranched alkanes of at least 4 members (excludes halogenated alkanes) is 2. The molecule has 1 fully saturated rings. The van der Waals surface area contributed by atoms with Crippen molar-refractivity contribution < 1.29 is 9.59 Å². The molecule has 5 nitrogen and oxygen atoms in total. The third-order valence-electron chi connectivity index (χ3n) is 6.96. The molecule has 2 aromatic carbocycles. The van der Waals surface area contributed by atoms with Crippen molar-refractivity contribution >= 4 is 23.2 Å². The van der Waals surface area contributed by atoms with Gasteiger partial charge in [-0.05, 0) is 25.3 Å². The second kappa shape index (κ2) is 9.68. The summed E-state index contributed by atoms with van der Waals surface area (Å²) in [6.45, 7) is 2.18. The Morgan fingerprint density at radius 2 is 1.75 bits per heavy atom. The van der Waals surface area contributed by atoms with Crippen LogP contribution in [0.4, 0.5) is 5.69 Å². The molecule has 4 rings (SSSR count). The molecule has 168 valence electrons. The van der Waals surface area contributed by atoms with Crippen LogP contribution < -0.4 is 10.2 Å². The van der Waals surface area contributed by atoms with E-state index in [1.807, 2.05) is 54.6 Å². The molecule has 1 heterocycles. The van der Waals surface area contributed by atoms with Crippen LogP contribution in [0.1, 0.15) is 69.4 Å². The Bertz CT molecular complexity index is 993. The molecule has 32 heavy (non-hydrogen) atoms. The number of nitrogens with one attached hydrogen (secondary N) is 1. The van der Waals surface area contributed by atoms with Gasteiger partial charge in [0.1, 0.15) is 0 Å². The monoisotopic (exact) mass is 431 g/mol. The summed E-state index contributed by atoms with van der Waals surface area (Å²) < 4.78 is 0. The summed E-state index contributed by atoms with van der Waals surface area (Å²) in [5.74, 6) is -0.224. The van der Waals surface area contributed by atoms with E-state index in [0.29, 0.717) is 0 Å². The van der Waals surface area contributed by atoms with E-state index in [9.17, 15) is 9.59 Å². The van der Waals surface area contributed by atoms with Crippen molar-refractivity contribution in [3.05, 3.63) is 65.7 Å². The second-order valence-corrected chi connectivity index (χ2v) is 9.08. The number of hydrogen-bond acceptors (Lipinski definition) is 3. The smallest absolute Gasteiger partial charge is 0.272 e. The zero-order chi connectivity index (χ0) is 22.6. The topological polar surface area (TPSA) is 61.8 Å². The van der Waals surface area contributed by atoms with E-state index in [0.717, 1.165) is 73.9 Å². The molecule has 1 aliphatic heterocycles. The molecule has 2 amide bonds. The van der Waals surface area contributed by atoms with Gasteiger partial charge < -0.3 is 10.2 Å². The predicted molar refractivity (Wildman–Crippen MR) is 129 cm³/mol. The van der Waals surface area contributed by atoms with Crippen LogP contribution in [0.2, 0.25) is 0 Å². The van der Waals surface area contributed by atoms with Gasteiger partial charge in [0.25, 0.3) is 5.91 Å². The lowest BCUT2D eigenvalue weighted by atomic mass is 9.80. The van der Waals surface area contributed by atoms with Gasteiger partial charge >= 0.3 is 0 Å². The number of aliphatic imine (C=N–C) groups is 1. The largest absolute Gasteiger partial charge is 0.326 e. The molecule has 1 N–H and O–H groups in total. The van der Waals surface area contributed by atoms with E-state index in [4.69, 9.17) is 4.99 Å². The number of amides is 2. The van der Waals surface area contributed by atoms with Gasteiger partial charge in [0.2, 0.25) is 12.1 Å². The molecule has 1 aliphatic carbocycles. The van der Waals surface area contributed by atoms with E-state index in [-0.39, 0.29) is 17.2 Å². The molecule has 2 aromatic rings. The average Bonchev–Trinajstić information content (AvgIpc) is 3.28. The predicted octanol–water partition coefficient (Wildman–Crippen LogP) is 5.08. The Labute approximate surface area is 190 Å². The SMILES string of the molecule is CCCCCC1(C(=O)N[C@H]2N=C(c3ccccc3)c3ccccc3N(C)C2=O)CCCC1. The minimum Gasteiger partial charge on any atom is -0.326 e. The Hall–Kier alpha value is -2.95. The van der Waals surface area contributed by atoms with Gasteiger partial charge in [0.05, 0.1) is 11.4 Å². The molecular weight excluding hydrogens is 398 g/mol. The molecular formula is C27H33N3O2. The third kappa shape index (κ3) is 4.34. The molecule has 1 saturated carbocycles. The number of benzene rings is 2. The zero-order valence-corrected chi connectivity index (χ0v) is 19.1. The number of para-hydroxylation sites is 1. The molecule has 2 aliphatic rings. The molecule has 0 radical (unpaired) electrons. The number of fused-ring (bicyclic) bond motifs is 1. The molecule has 0 unspecified atom stereocenters. The molecule has 5 heteroatoms. The Morgan fingerprint density at radius 3 is 2.47 bits per heavy atom. The van der Waals surface area contributed by atoms with Gasteiger partial charge in [-0.1, -0.05) is 87.6 Å². The number of likely N-dealkylation sites (N-methyl/N-ethyl adjacent to an activating group) is 1. The Morgan fingerprint density at radius 1 is 1.06 bits per heavy atom. The minimum atomic E-state index is -0.932. The maximum absolute atomic E-state index is 13.6. The highest BCUT2D eigenvalue weighted by atomic mass is 16.2. The van der Waals surface area contributed by atoms with Crippen LogP contribution in [0.5, 0.6) is 0 Å². The molecule has 0 spiro atoms. The summed E-state index contributed by atoms with van der Waals surface area (Å²) in [6.07, 6.45) is 7.20. The summed E-state index contributed by atoms with van der Waals surface area (Å²) in [6, 6.07) is 17.7. The van der Waals surface area contributed by atoms with Crippen LogP contribution >= 0.6 is 0 Å². The third-order valence-corrected chi connectivity index (χ3v) is 6.96. The average molecular weight is 432 g/mol. The first kappa shape index (κ1) is 22.3. The lowest BCUT2D eigenvalue weighted by molar-refractivity contribution is -0.134. The summed E-state index contributed by atoms with van der Waals surface area (Å²) in [4.78, 5) is 33.4. The fourth-order valence-electron chi connectivity index (χ4n) is 5.08. The first-order valence-electron chi connectivity index (χ1n) is 11.9. The van der Waals surface area contributed by atoms with Gasteiger partial charge in [-0.3, -0.25) is 9.59 Å². The van der Waals surface area contributed by atoms with Crippen molar-refractivity contribution in [3.63, 3.8) is 0 Å². The molecule has 1 atom stereocenters. The first-order chi connectivity index (χ1) is 15.6. The summed E-state index contributed by atoms with van der Waals surface area (Å²) in [5, 5.41) is 3.07. The highest BCUT2D eigenvalue weighted by molar-refractivity contribution is 6.20. The quantitative estimate of drug-likeness (QED) is 0.621. The van der Waals surface area contributed by atoms with Crippen molar-refractivity contribution in [2.24, 2.45) is 10.4 Å². The summed E-state index contributed by atoms with van der Waals surface area (Å²) >= 11 is 0. The van der Waals surface area contributed by atoms with Crippen LogP contribution in [-0.4, -0.2) is 30.7 Å². The van der Waals surface area contributed by atoms with Crippen molar-refractivity contribution in [1.82, 2.24) is 5.32 Å². The fourth-order valence-corrected chi connectivity index (χ4v) is 5.08. The molecule has 0 aromatic heterocycles. The summed E-state index contributed by atoms with van der Waals surface area (Å²) in [7, 11) is 1.76. The van der Waals surface area contributed by atoms with Gasteiger partial charge in [0, 0.05) is 23.6 Å². The highest BCUT2D eigenvalue weighted by Gasteiger charge is 2.42. The molecule has 0 saturated heterocycles. The van der Waals surface area contributed by atoms with Crippen LogP contribution in [0.15, 0.2) is 59.6 Å². The standard InChI is InChI=1S/C27H33N3O2/c1-3-4-10-17-27(18-11-12-19-27)26(32)29-24-25(31)30(2)22-16-9-8-15-21(22)23(28-24)20-13-6-5-7-14-20/h5-9,13-16,24H,3-4,10-12,17-19H2,1-2H3,(H,29,32)/t24-/m1/s1. The van der Waals surface area contributed by atoms with E-state index in [2.05, 4.69) is 12.2 Å². The maximum Gasteiger partial charge on any atom is 0.272 e. The number of nitrogens with zero attached hydrogens (tertiary/aromatic N) is 2. The Balaban J connectivity index is 1.69. The normalized spacial score (nSPS) is 19.8. The Kier molecular flexibility index (Phi) is 6.73. The number of anilines is 1. The number of hydrogen-bond donors (Lipinski definition) is 1. The molecule has 0 bridgehead atoms. The van der Waals surface area contributed by atoms with E-state index >= 15 is 0 Å². The van der Waals surface area contributed by atoms with E-state index < -0.39 is 6.17 Å².